The summed E-state index contributed by atoms with van der Waals surface area (Å²) in [6.45, 7) is 9.77. The Morgan fingerprint density at radius 3 is 2.73 bits per heavy atom. The second-order valence-corrected chi connectivity index (χ2v) is 12.1. The Morgan fingerprint density at radius 2 is 1.96 bits per heavy atom. The number of rotatable bonds is 9. The summed E-state index contributed by atoms with van der Waals surface area (Å²) in [7, 11) is 0. The van der Waals surface area contributed by atoms with Crippen molar-refractivity contribution in [1.29, 1.82) is 5.26 Å². The molecule has 1 aromatic heterocycles. The fourth-order valence-corrected chi connectivity index (χ4v) is 7.12. The van der Waals surface area contributed by atoms with Crippen LogP contribution in [0, 0.1) is 18.3 Å². The lowest BCUT2D eigenvalue weighted by atomic mass is 9.99. The average Bonchev–Trinajstić information content (AvgIpc) is 3.50. The molecule has 1 N–H and O–H groups in total. The molecule has 4 heterocycles. The number of anilines is 2. The Hall–Kier alpha value is -4.27. The van der Waals surface area contributed by atoms with Crippen LogP contribution in [-0.2, 0) is 17.8 Å². The first kappa shape index (κ1) is 30.7. The highest BCUT2D eigenvalue weighted by Gasteiger charge is 2.35. The van der Waals surface area contributed by atoms with Crippen molar-refractivity contribution >= 4 is 28.2 Å². The summed E-state index contributed by atoms with van der Waals surface area (Å²) in [6, 6.07) is 14.9. The van der Waals surface area contributed by atoms with Gasteiger partial charge in [0.2, 0.25) is 0 Å². The molecule has 0 aliphatic carbocycles. The van der Waals surface area contributed by atoms with Gasteiger partial charge in [0.05, 0.1) is 37.4 Å². The Labute approximate surface area is 263 Å². The number of aliphatic hydroxyl groups excluding tert-OH is 1. The van der Waals surface area contributed by atoms with E-state index in [1.165, 1.54) is 21.2 Å². The van der Waals surface area contributed by atoms with Crippen LogP contribution in [0.25, 0.3) is 10.8 Å². The molecule has 2 atom stereocenters. The Kier molecular flexibility index (Phi) is 9.14. The highest BCUT2D eigenvalue weighted by Crippen LogP contribution is 2.36. The number of nitrogens with zero attached hydrogens (tertiary/aromatic N) is 7. The van der Waals surface area contributed by atoms with Gasteiger partial charge in [-0.3, -0.25) is 9.69 Å². The molecule has 11 heteroatoms. The summed E-state index contributed by atoms with van der Waals surface area (Å²) >= 11 is 0. The molecule has 3 aromatic rings. The number of β-amino-alcohol motifs (C(OH)–C–C–N with tert-alkyl or cyclic N) is 1. The maximum Gasteiger partial charge on any atom is 0.318 e. The van der Waals surface area contributed by atoms with Gasteiger partial charge < -0.3 is 24.5 Å². The molecule has 0 saturated carbocycles. The fraction of sp³-hybridized carbons (Fsp3) is 0.471. The quantitative estimate of drug-likeness (QED) is 0.361. The Bertz CT molecular complexity index is 1620. The number of nitriles is 1. The lowest BCUT2D eigenvalue weighted by molar-refractivity contribution is -0.131. The molecule has 236 valence electrons. The van der Waals surface area contributed by atoms with Gasteiger partial charge in [-0.1, -0.05) is 36.9 Å². The summed E-state index contributed by atoms with van der Waals surface area (Å²) in [5.41, 5.74) is 4.30. The van der Waals surface area contributed by atoms with Crippen molar-refractivity contribution in [2.45, 2.75) is 51.2 Å². The van der Waals surface area contributed by atoms with Crippen LogP contribution in [0.15, 0.2) is 48.8 Å². The number of hydrogen-bond acceptors (Lipinski definition) is 9. The van der Waals surface area contributed by atoms with Crippen molar-refractivity contribution in [3.05, 3.63) is 65.6 Å². The number of fused-ring (bicyclic) bond motifs is 2. The van der Waals surface area contributed by atoms with Crippen LogP contribution in [0.2, 0.25) is 0 Å². The minimum atomic E-state index is -1.02. The SMILES string of the molecule is C=C(F)C(=O)N1CCN(c2nc(OCC3CCCN3CCO)nc3c2CCN(c2cccc4cccc(C)c24)C3)CC1CC#N. The zero-order valence-corrected chi connectivity index (χ0v) is 25.8. The van der Waals surface area contributed by atoms with Crippen LogP contribution in [0.4, 0.5) is 15.9 Å². The number of carbonyl (C=O) groups is 1. The lowest BCUT2D eigenvalue weighted by Crippen LogP contribution is -2.55. The van der Waals surface area contributed by atoms with Gasteiger partial charge in [0.1, 0.15) is 12.4 Å². The summed E-state index contributed by atoms with van der Waals surface area (Å²) in [6.07, 6.45) is 2.82. The van der Waals surface area contributed by atoms with E-state index in [2.05, 4.69) is 70.7 Å². The first-order valence-corrected chi connectivity index (χ1v) is 15.8. The number of aliphatic hydroxyl groups is 1. The third kappa shape index (κ3) is 6.30. The van der Waals surface area contributed by atoms with Gasteiger partial charge in [-0.25, -0.2) is 4.39 Å². The molecule has 3 aliphatic heterocycles. The fourth-order valence-electron chi connectivity index (χ4n) is 7.12. The number of benzene rings is 2. The minimum absolute atomic E-state index is 0.0722. The van der Waals surface area contributed by atoms with Gasteiger partial charge >= 0.3 is 6.01 Å². The molecule has 2 unspecified atom stereocenters. The van der Waals surface area contributed by atoms with E-state index in [9.17, 15) is 19.6 Å². The van der Waals surface area contributed by atoms with Crippen LogP contribution in [0.3, 0.4) is 0 Å². The maximum atomic E-state index is 13.8. The molecule has 0 spiro atoms. The number of aromatic nitrogens is 2. The van der Waals surface area contributed by atoms with Crippen LogP contribution >= 0.6 is 0 Å². The molecule has 1 amide bonds. The van der Waals surface area contributed by atoms with E-state index in [1.807, 2.05) is 0 Å². The van der Waals surface area contributed by atoms with Crippen molar-refractivity contribution in [1.82, 2.24) is 19.8 Å². The number of halogens is 1. The van der Waals surface area contributed by atoms with E-state index >= 15 is 0 Å². The topological polar surface area (TPSA) is 109 Å². The monoisotopic (exact) mass is 613 g/mol. The summed E-state index contributed by atoms with van der Waals surface area (Å²) < 4.78 is 20.1. The van der Waals surface area contributed by atoms with E-state index in [-0.39, 0.29) is 25.6 Å². The first-order chi connectivity index (χ1) is 21.9. The van der Waals surface area contributed by atoms with Gasteiger partial charge in [0.15, 0.2) is 5.83 Å². The maximum absolute atomic E-state index is 13.8. The van der Waals surface area contributed by atoms with E-state index < -0.39 is 17.8 Å². The number of amides is 1. The molecule has 3 aliphatic rings. The second-order valence-electron chi connectivity index (χ2n) is 12.1. The number of piperazine rings is 1. The molecular formula is C34H40FN7O3. The molecule has 2 fully saturated rings. The number of carbonyl (C=O) groups excluding carboxylic acids is 1. The van der Waals surface area contributed by atoms with Gasteiger partial charge in [-0.05, 0) is 49.7 Å². The van der Waals surface area contributed by atoms with Crippen LogP contribution in [-0.4, -0.2) is 95.3 Å². The zero-order chi connectivity index (χ0) is 31.5. The Balaban J connectivity index is 1.33. The molecule has 6 rings (SSSR count). The second kappa shape index (κ2) is 13.4. The first-order valence-electron chi connectivity index (χ1n) is 15.8. The summed E-state index contributed by atoms with van der Waals surface area (Å²) in [5.74, 6) is -1.04. The van der Waals surface area contributed by atoms with Crippen LogP contribution in [0.1, 0.15) is 36.1 Å². The van der Waals surface area contributed by atoms with Gasteiger partial charge in [-0.2, -0.15) is 15.2 Å². The summed E-state index contributed by atoms with van der Waals surface area (Å²) in [5, 5.41) is 21.4. The highest BCUT2D eigenvalue weighted by molar-refractivity contribution is 5.97. The standard InChI is InChI=1S/C34H40FN7O3/c1-23-6-3-7-25-8-4-10-30(31(23)25)40-15-12-28-29(21-40)37-34(45-22-27-9-5-14-39(27)18-19-43)38-32(28)41-16-17-42(33(44)24(2)35)26(20-41)11-13-36/h3-4,6-8,10,26-27,43H,2,5,9,11-12,14-22H2,1H3. The molecule has 0 radical (unpaired) electrons. The molecular weight excluding hydrogens is 573 g/mol. The van der Waals surface area contributed by atoms with Crippen molar-refractivity contribution in [3.63, 3.8) is 0 Å². The largest absolute Gasteiger partial charge is 0.462 e. The minimum Gasteiger partial charge on any atom is -0.462 e. The molecule has 45 heavy (non-hydrogen) atoms. The molecule has 10 nitrogen and oxygen atoms in total. The van der Waals surface area contributed by atoms with E-state index in [4.69, 9.17) is 14.7 Å². The molecule has 0 bridgehead atoms. The normalized spacial score (nSPS) is 20.3. The van der Waals surface area contributed by atoms with Gasteiger partial charge in [0.25, 0.3) is 5.91 Å². The van der Waals surface area contributed by atoms with E-state index in [1.54, 1.807) is 0 Å². The van der Waals surface area contributed by atoms with E-state index in [0.717, 1.165) is 48.7 Å². The van der Waals surface area contributed by atoms with Crippen molar-refractivity contribution in [2.24, 2.45) is 0 Å². The zero-order valence-electron chi connectivity index (χ0n) is 25.8. The predicted octanol–water partition coefficient (Wildman–Crippen LogP) is 3.75. The highest BCUT2D eigenvalue weighted by atomic mass is 19.1. The number of hydrogen-bond donors (Lipinski definition) is 1. The molecule has 2 saturated heterocycles. The Morgan fingerprint density at radius 1 is 1.13 bits per heavy atom. The third-order valence-electron chi connectivity index (χ3n) is 9.35. The van der Waals surface area contributed by atoms with Crippen LogP contribution < -0.4 is 14.5 Å². The van der Waals surface area contributed by atoms with Crippen LogP contribution in [0.5, 0.6) is 6.01 Å². The van der Waals surface area contributed by atoms with Gasteiger partial charge in [0, 0.05) is 55.4 Å². The number of likely N-dealkylation sites (tertiary alicyclic amines) is 1. The lowest BCUT2D eigenvalue weighted by Gasteiger charge is -2.42. The smallest absolute Gasteiger partial charge is 0.318 e. The summed E-state index contributed by atoms with van der Waals surface area (Å²) in [4.78, 5) is 30.5. The number of ether oxygens (including phenoxy) is 1. The molecule has 2 aromatic carbocycles. The third-order valence-corrected chi connectivity index (χ3v) is 9.35. The van der Waals surface area contributed by atoms with Crippen molar-refractivity contribution in [2.75, 3.05) is 62.3 Å². The van der Waals surface area contributed by atoms with Crippen molar-refractivity contribution < 1.29 is 19.0 Å². The number of aryl methyl sites for hydroxylation is 1. The van der Waals surface area contributed by atoms with E-state index in [0.29, 0.717) is 45.2 Å². The van der Waals surface area contributed by atoms with Crippen molar-refractivity contribution in [3.8, 4) is 12.1 Å². The predicted molar refractivity (Wildman–Crippen MR) is 171 cm³/mol. The average molecular weight is 614 g/mol. The van der Waals surface area contributed by atoms with Gasteiger partial charge in [-0.15, -0.1) is 0 Å².